The van der Waals surface area contributed by atoms with E-state index in [1.54, 1.807) is 18.2 Å². The normalized spacial score (nSPS) is 11.6. The third-order valence-corrected chi connectivity index (χ3v) is 4.90. The van der Waals surface area contributed by atoms with Gasteiger partial charge in [0.05, 0.1) is 14.2 Å². The Morgan fingerprint density at radius 1 is 1.07 bits per heavy atom. The first-order chi connectivity index (χ1) is 14.0. The molecule has 0 bridgehead atoms. The lowest BCUT2D eigenvalue weighted by atomic mass is 10.1. The molecule has 6 nitrogen and oxygen atoms in total. The molecule has 0 saturated heterocycles. The molecule has 0 aromatic heterocycles. The predicted molar refractivity (Wildman–Crippen MR) is 116 cm³/mol. The molecule has 0 fully saturated rings. The van der Waals surface area contributed by atoms with E-state index in [-0.39, 0.29) is 19.1 Å². The smallest absolute Gasteiger partial charge is 0.220 e. The molecule has 29 heavy (non-hydrogen) atoms. The number of methoxy groups -OCH3 is 2. The van der Waals surface area contributed by atoms with Gasteiger partial charge >= 0.3 is 0 Å². The summed E-state index contributed by atoms with van der Waals surface area (Å²) >= 11 is 3.42. The summed E-state index contributed by atoms with van der Waals surface area (Å²) in [5, 5.41) is 12.8. The van der Waals surface area contributed by atoms with E-state index in [4.69, 9.17) is 14.2 Å². The molecule has 0 aliphatic rings. The molecular formula is C22H28BrNO5. The Labute approximate surface area is 180 Å². The van der Waals surface area contributed by atoms with Gasteiger partial charge in [0.25, 0.3) is 0 Å². The zero-order valence-corrected chi connectivity index (χ0v) is 18.4. The van der Waals surface area contributed by atoms with Crippen LogP contribution in [-0.2, 0) is 11.2 Å². The number of nitrogens with one attached hydrogen (secondary N) is 1. The van der Waals surface area contributed by atoms with Gasteiger partial charge in [0, 0.05) is 17.4 Å². The van der Waals surface area contributed by atoms with Gasteiger partial charge in [0.2, 0.25) is 11.7 Å². The summed E-state index contributed by atoms with van der Waals surface area (Å²) < 4.78 is 17.2. The summed E-state index contributed by atoms with van der Waals surface area (Å²) in [7, 11) is 3.07. The fraction of sp³-hybridized carbons (Fsp3) is 0.409. The fourth-order valence-corrected chi connectivity index (χ4v) is 3.05. The van der Waals surface area contributed by atoms with Crippen LogP contribution in [-0.4, -0.2) is 44.5 Å². The Hall–Kier alpha value is -2.25. The molecule has 1 unspecified atom stereocenters. The number of aliphatic hydroxyl groups is 1. The van der Waals surface area contributed by atoms with Gasteiger partial charge in [0.15, 0.2) is 11.5 Å². The quantitative estimate of drug-likeness (QED) is 0.467. The third-order valence-electron chi connectivity index (χ3n) is 4.37. The van der Waals surface area contributed by atoms with Crippen molar-refractivity contribution in [2.24, 2.45) is 0 Å². The highest BCUT2D eigenvalue weighted by Gasteiger charge is 2.14. The van der Waals surface area contributed by atoms with Crippen LogP contribution in [0.15, 0.2) is 46.9 Å². The van der Waals surface area contributed by atoms with E-state index in [2.05, 4.69) is 33.4 Å². The standard InChI is InChI=1S/C22H28BrNO5/c1-27-19-7-5-8-20(28-2)22(19)29-15-18(25)14-24-21(26)9-4-3-6-16-10-12-17(23)13-11-16/h5,7-8,10-13,18,25H,3-4,6,9,14-15H2,1-2H3,(H,24,26). The average molecular weight is 466 g/mol. The number of hydrogen-bond donors (Lipinski definition) is 2. The molecule has 7 heteroatoms. The van der Waals surface area contributed by atoms with Crippen LogP contribution in [0.1, 0.15) is 24.8 Å². The lowest BCUT2D eigenvalue weighted by Crippen LogP contribution is -2.35. The highest BCUT2D eigenvalue weighted by atomic mass is 79.9. The summed E-state index contributed by atoms with van der Waals surface area (Å²) in [6.07, 6.45) is 2.28. The minimum Gasteiger partial charge on any atom is -0.493 e. The molecule has 2 rings (SSSR count). The number of hydrogen-bond acceptors (Lipinski definition) is 5. The third kappa shape index (κ3) is 7.95. The van der Waals surface area contributed by atoms with Crippen LogP contribution >= 0.6 is 15.9 Å². The molecule has 2 N–H and O–H groups in total. The average Bonchev–Trinajstić information content (AvgIpc) is 2.74. The monoisotopic (exact) mass is 465 g/mol. The number of benzene rings is 2. The zero-order valence-electron chi connectivity index (χ0n) is 16.8. The van der Waals surface area contributed by atoms with Crippen molar-refractivity contribution in [1.82, 2.24) is 5.32 Å². The van der Waals surface area contributed by atoms with Gasteiger partial charge in [-0.15, -0.1) is 0 Å². The molecule has 1 amide bonds. The molecule has 158 valence electrons. The predicted octanol–water partition coefficient (Wildman–Crippen LogP) is 3.74. The Kier molecular flexibility index (Phi) is 9.80. The SMILES string of the molecule is COc1cccc(OC)c1OCC(O)CNC(=O)CCCCc1ccc(Br)cc1. The lowest BCUT2D eigenvalue weighted by Gasteiger charge is -2.17. The van der Waals surface area contributed by atoms with Gasteiger partial charge in [-0.3, -0.25) is 4.79 Å². The molecule has 0 radical (unpaired) electrons. The minimum atomic E-state index is -0.837. The number of aliphatic hydroxyl groups excluding tert-OH is 1. The second kappa shape index (κ2) is 12.3. The maximum absolute atomic E-state index is 12.0. The van der Waals surface area contributed by atoms with Crippen LogP contribution in [0.4, 0.5) is 0 Å². The van der Waals surface area contributed by atoms with Gasteiger partial charge in [-0.25, -0.2) is 0 Å². The molecule has 0 aliphatic heterocycles. The van der Waals surface area contributed by atoms with Crippen LogP contribution in [0, 0.1) is 0 Å². The summed E-state index contributed by atoms with van der Waals surface area (Å²) in [6, 6.07) is 13.5. The summed E-state index contributed by atoms with van der Waals surface area (Å²) in [4.78, 5) is 12.0. The number of aryl methyl sites for hydroxylation is 1. The highest BCUT2D eigenvalue weighted by Crippen LogP contribution is 2.36. The molecule has 1 atom stereocenters. The first-order valence-corrected chi connectivity index (χ1v) is 10.4. The van der Waals surface area contributed by atoms with Crippen molar-refractivity contribution in [2.75, 3.05) is 27.4 Å². The second-order valence-corrected chi connectivity index (χ2v) is 7.51. The van der Waals surface area contributed by atoms with E-state index in [0.717, 1.165) is 23.7 Å². The molecule has 0 aliphatic carbocycles. The lowest BCUT2D eigenvalue weighted by molar-refractivity contribution is -0.121. The fourth-order valence-electron chi connectivity index (χ4n) is 2.78. The zero-order chi connectivity index (χ0) is 21.1. The van der Waals surface area contributed by atoms with E-state index < -0.39 is 6.10 Å². The van der Waals surface area contributed by atoms with Crippen LogP contribution < -0.4 is 19.5 Å². The van der Waals surface area contributed by atoms with E-state index >= 15 is 0 Å². The van der Waals surface area contributed by atoms with Crippen LogP contribution in [0.3, 0.4) is 0 Å². The number of rotatable bonds is 12. The number of ether oxygens (including phenoxy) is 3. The largest absolute Gasteiger partial charge is 0.493 e. The summed E-state index contributed by atoms with van der Waals surface area (Å²) in [5.41, 5.74) is 1.26. The van der Waals surface area contributed by atoms with Gasteiger partial charge in [-0.1, -0.05) is 34.1 Å². The van der Waals surface area contributed by atoms with Crippen molar-refractivity contribution >= 4 is 21.8 Å². The van der Waals surface area contributed by atoms with Gasteiger partial charge in [-0.05, 0) is 49.1 Å². The van der Waals surface area contributed by atoms with Crippen molar-refractivity contribution in [3.05, 3.63) is 52.5 Å². The summed E-state index contributed by atoms with van der Waals surface area (Å²) in [6.45, 7) is 0.142. The van der Waals surface area contributed by atoms with E-state index in [9.17, 15) is 9.90 Å². The number of para-hydroxylation sites is 1. The maximum atomic E-state index is 12.0. The Morgan fingerprint density at radius 3 is 2.34 bits per heavy atom. The molecule has 2 aromatic carbocycles. The number of carbonyl (C=O) groups excluding carboxylic acids is 1. The second-order valence-electron chi connectivity index (χ2n) is 6.59. The van der Waals surface area contributed by atoms with E-state index in [1.165, 1.54) is 19.8 Å². The topological polar surface area (TPSA) is 77.0 Å². The molecule has 0 heterocycles. The van der Waals surface area contributed by atoms with Crippen molar-refractivity contribution in [2.45, 2.75) is 31.8 Å². The number of unbranched alkanes of at least 4 members (excludes halogenated alkanes) is 1. The molecular weight excluding hydrogens is 438 g/mol. The molecule has 2 aromatic rings. The van der Waals surface area contributed by atoms with Gasteiger partial charge < -0.3 is 24.6 Å². The number of halogens is 1. The van der Waals surface area contributed by atoms with Crippen molar-refractivity contribution in [1.29, 1.82) is 0 Å². The first kappa shape index (κ1) is 23.0. The molecule has 0 saturated carbocycles. The van der Waals surface area contributed by atoms with E-state index in [1.807, 2.05) is 12.1 Å². The Balaban J connectivity index is 1.65. The van der Waals surface area contributed by atoms with Crippen molar-refractivity contribution < 1.29 is 24.1 Å². The van der Waals surface area contributed by atoms with Crippen molar-refractivity contribution in [3.8, 4) is 17.2 Å². The number of carbonyl (C=O) groups is 1. The molecule has 0 spiro atoms. The van der Waals surface area contributed by atoms with Crippen LogP contribution in [0.2, 0.25) is 0 Å². The minimum absolute atomic E-state index is 0.0145. The highest BCUT2D eigenvalue weighted by molar-refractivity contribution is 9.10. The Morgan fingerprint density at radius 2 is 1.72 bits per heavy atom. The summed E-state index contributed by atoms with van der Waals surface area (Å²) in [5.74, 6) is 1.39. The Bertz CT molecular complexity index is 744. The van der Waals surface area contributed by atoms with Crippen molar-refractivity contribution in [3.63, 3.8) is 0 Å². The van der Waals surface area contributed by atoms with E-state index in [0.29, 0.717) is 23.7 Å². The first-order valence-electron chi connectivity index (χ1n) is 9.56. The maximum Gasteiger partial charge on any atom is 0.220 e. The van der Waals surface area contributed by atoms with Crippen LogP contribution in [0.25, 0.3) is 0 Å². The number of amides is 1. The van der Waals surface area contributed by atoms with Gasteiger partial charge in [-0.2, -0.15) is 0 Å². The van der Waals surface area contributed by atoms with Crippen LogP contribution in [0.5, 0.6) is 17.2 Å². The van der Waals surface area contributed by atoms with Gasteiger partial charge in [0.1, 0.15) is 12.7 Å².